The van der Waals surface area contributed by atoms with Crippen LogP contribution in [-0.4, -0.2) is 31.5 Å². The number of thiocarbonyl (C=S) groups is 1. The van der Waals surface area contributed by atoms with E-state index in [1.165, 1.54) is 23.1 Å². The van der Waals surface area contributed by atoms with E-state index in [2.05, 4.69) is 16.4 Å². The van der Waals surface area contributed by atoms with Crippen LogP contribution >= 0.6 is 12.2 Å². The first-order valence-electron chi connectivity index (χ1n) is 14.5. The molecule has 3 aromatic carbocycles. The minimum Gasteiger partial charge on any atom is -0.333 e. The van der Waals surface area contributed by atoms with E-state index < -0.39 is 23.8 Å². The van der Waals surface area contributed by atoms with Crippen LogP contribution < -0.4 is 11.1 Å². The summed E-state index contributed by atoms with van der Waals surface area (Å²) in [5.74, 6) is -0.861. The first kappa shape index (κ1) is 33.4. The number of aromatic nitrogens is 2. The van der Waals surface area contributed by atoms with Crippen LogP contribution in [0.25, 0.3) is 0 Å². The molecule has 0 saturated carbocycles. The number of hydrogen-bond donors (Lipinski definition) is 2. The lowest BCUT2D eigenvalue weighted by Gasteiger charge is -2.37. The Morgan fingerprint density at radius 3 is 2.38 bits per heavy atom. The van der Waals surface area contributed by atoms with Crippen molar-refractivity contribution in [1.29, 1.82) is 5.26 Å². The van der Waals surface area contributed by atoms with Gasteiger partial charge in [-0.2, -0.15) is 18.4 Å². The molecule has 0 fully saturated rings. The van der Waals surface area contributed by atoms with E-state index >= 15 is 0 Å². The van der Waals surface area contributed by atoms with E-state index in [4.69, 9.17) is 23.2 Å². The fourth-order valence-corrected chi connectivity index (χ4v) is 5.47. The summed E-state index contributed by atoms with van der Waals surface area (Å²) in [6.07, 6.45) is -1.93. The highest BCUT2D eigenvalue weighted by molar-refractivity contribution is 7.80. The monoisotopic (exact) mass is 632 g/mol. The van der Waals surface area contributed by atoms with Crippen LogP contribution in [0.4, 0.5) is 18.9 Å². The van der Waals surface area contributed by atoms with Gasteiger partial charge in [-0.05, 0) is 66.0 Å². The van der Waals surface area contributed by atoms with E-state index in [0.29, 0.717) is 29.9 Å². The van der Waals surface area contributed by atoms with E-state index in [1.807, 2.05) is 36.6 Å². The van der Waals surface area contributed by atoms with Gasteiger partial charge in [0.15, 0.2) is 5.11 Å². The maximum Gasteiger partial charge on any atom is 0.416 e. The molecule has 1 aromatic heterocycles. The summed E-state index contributed by atoms with van der Waals surface area (Å²) in [5, 5.41) is 12.3. The van der Waals surface area contributed by atoms with E-state index in [9.17, 15) is 18.0 Å². The van der Waals surface area contributed by atoms with Crippen molar-refractivity contribution in [1.82, 2.24) is 14.5 Å². The van der Waals surface area contributed by atoms with Crippen molar-refractivity contribution in [2.24, 2.45) is 17.6 Å². The third-order valence-electron chi connectivity index (χ3n) is 7.45. The molecule has 0 saturated heterocycles. The number of hydrogen-bond acceptors (Lipinski definition) is 5. The van der Waals surface area contributed by atoms with Gasteiger partial charge in [0.05, 0.1) is 35.6 Å². The minimum absolute atomic E-state index is 0.00565. The van der Waals surface area contributed by atoms with E-state index in [0.717, 1.165) is 11.6 Å². The van der Waals surface area contributed by atoms with Crippen LogP contribution in [0, 0.1) is 23.2 Å². The Kier molecular flexibility index (Phi) is 11.1. The number of halogens is 3. The summed E-state index contributed by atoms with van der Waals surface area (Å²) in [6.45, 7) is 4.12. The molecule has 4 rings (SSSR count). The van der Waals surface area contributed by atoms with E-state index in [1.54, 1.807) is 48.9 Å². The van der Waals surface area contributed by atoms with Gasteiger partial charge >= 0.3 is 6.18 Å². The van der Waals surface area contributed by atoms with Crippen LogP contribution in [0.5, 0.6) is 0 Å². The van der Waals surface area contributed by atoms with Gasteiger partial charge in [-0.1, -0.05) is 62.4 Å². The number of imidazole rings is 1. The van der Waals surface area contributed by atoms with Gasteiger partial charge in [0.1, 0.15) is 5.78 Å². The van der Waals surface area contributed by atoms with Crippen molar-refractivity contribution in [2.75, 3.05) is 5.32 Å². The quantitative estimate of drug-likeness (QED) is 0.131. The van der Waals surface area contributed by atoms with Crippen molar-refractivity contribution in [3.05, 3.63) is 119 Å². The van der Waals surface area contributed by atoms with Gasteiger partial charge in [-0.15, -0.1) is 0 Å². The molecular formula is C34H35F3N6OS. The van der Waals surface area contributed by atoms with E-state index in [-0.39, 0.29) is 35.3 Å². The van der Waals surface area contributed by atoms with Crippen LogP contribution in [-0.2, 0) is 30.5 Å². The van der Waals surface area contributed by atoms with Crippen LogP contribution in [0.3, 0.4) is 0 Å². The minimum atomic E-state index is -4.58. The summed E-state index contributed by atoms with van der Waals surface area (Å²) in [4.78, 5) is 19.7. The molecule has 45 heavy (non-hydrogen) atoms. The van der Waals surface area contributed by atoms with Crippen molar-refractivity contribution in [2.45, 2.75) is 52.1 Å². The highest BCUT2D eigenvalue weighted by atomic mass is 32.1. The zero-order chi connectivity index (χ0) is 32.6. The molecule has 0 amide bonds. The summed E-state index contributed by atoms with van der Waals surface area (Å²) < 4.78 is 43.8. The van der Waals surface area contributed by atoms with Gasteiger partial charge in [0, 0.05) is 37.1 Å². The Balaban J connectivity index is 1.63. The number of para-hydroxylation sites is 1. The van der Waals surface area contributed by atoms with Crippen molar-refractivity contribution < 1.29 is 18.0 Å². The maximum absolute atomic E-state index is 14.0. The fraction of sp³-hybridized carbons (Fsp3) is 0.294. The highest BCUT2D eigenvalue weighted by Gasteiger charge is 2.36. The first-order valence-corrected chi connectivity index (χ1v) is 14.9. The molecule has 1 unspecified atom stereocenters. The summed E-state index contributed by atoms with van der Waals surface area (Å²) in [7, 11) is 0. The molecule has 0 aliphatic heterocycles. The topological polar surface area (TPSA) is 100.0 Å². The first-order chi connectivity index (χ1) is 21.5. The van der Waals surface area contributed by atoms with Crippen molar-refractivity contribution in [3.8, 4) is 6.07 Å². The summed E-state index contributed by atoms with van der Waals surface area (Å²) >= 11 is 5.72. The Bertz CT molecular complexity index is 1630. The number of anilines is 1. The van der Waals surface area contributed by atoms with Crippen LogP contribution in [0.2, 0.25) is 0 Å². The number of Topliss-reactive ketones (excluding diaryl/α,β-unsaturated/α-hetero) is 1. The molecule has 7 nitrogen and oxygen atoms in total. The molecular weight excluding hydrogens is 597 g/mol. The predicted molar refractivity (Wildman–Crippen MR) is 172 cm³/mol. The number of ketones is 1. The average Bonchev–Trinajstić information content (AvgIpc) is 3.44. The summed E-state index contributed by atoms with van der Waals surface area (Å²) in [5.41, 5.74) is 8.84. The molecule has 11 heteroatoms. The number of benzene rings is 3. The molecule has 0 spiro atoms. The van der Waals surface area contributed by atoms with Gasteiger partial charge in [-0.25, -0.2) is 4.98 Å². The zero-order valence-electron chi connectivity index (χ0n) is 25.0. The van der Waals surface area contributed by atoms with Gasteiger partial charge in [-0.3, -0.25) is 4.79 Å². The number of nitrogens with one attached hydrogen (secondary N) is 1. The zero-order valence-corrected chi connectivity index (χ0v) is 25.9. The molecule has 1 heterocycles. The Morgan fingerprint density at radius 2 is 1.73 bits per heavy atom. The highest BCUT2D eigenvalue weighted by Crippen LogP contribution is 2.33. The fourth-order valence-electron chi connectivity index (χ4n) is 5.16. The molecule has 3 N–H and O–H groups in total. The molecule has 0 aliphatic rings. The second-order valence-corrected chi connectivity index (χ2v) is 11.7. The van der Waals surface area contributed by atoms with Crippen molar-refractivity contribution in [3.63, 3.8) is 0 Å². The molecule has 0 aliphatic carbocycles. The molecule has 2 atom stereocenters. The standard InChI is InChI=1S/C34H35F3N6OS/c1-23(2)16-29(31(44)17-28-19-40-22-42(28)20-25-14-12-24(18-38)13-15-25)32(39)43(33(45)41-27-9-4-3-5-10-27)21-26-8-6-7-11-30(26)34(35,36)37/h3-15,19,22-23,29,32H,16-17,20-21,39H2,1-2H3,(H,41,45)/t29-,32?/m1/s1. The third-order valence-corrected chi connectivity index (χ3v) is 7.79. The molecule has 0 bridgehead atoms. The number of nitrogens with zero attached hydrogens (tertiary/aromatic N) is 4. The smallest absolute Gasteiger partial charge is 0.333 e. The second kappa shape index (κ2) is 15.0. The largest absolute Gasteiger partial charge is 0.416 e. The maximum atomic E-state index is 14.0. The summed E-state index contributed by atoms with van der Waals surface area (Å²) in [6, 6.07) is 23.6. The van der Waals surface area contributed by atoms with Crippen molar-refractivity contribution >= 4 is 28.8 Å². The molecule has 4 aromatic rings. The Labute approximate surface area is 266 Å². The molecule has 234 valence electrons. The normalized spacial score (nSPS) is 12.8. The third kappa shape index (κ3) is 9.00. The number of nitrogens with two attached hydrogens (primary N) is 1. The number of rotatable bonds is 12. The number of carbonyl (C=O) groups excluding carboxylic acids is 1. The second-order valence-electron chi connectivity index (χ2n) is 11.3. The van der Waals surface area contributed by atoms with Crippen LogP contribution in [0.15, 0.2) is 91.4 Å². The lowest BCUT2D eigenvalue weighted by molar-refractivity contribution is -0.138. The average molecular weight is 633 g/mol. The van der Waals surface area contributed by atoms with Crippen LogP contribution in [0.1, 0.15) is 48.2 Å². The lowest BCUT2D eigenvalue weighted by atomic mass is 9.88. The Morgan fingerprint density at radius 1 is 1.07 bits per heavy atom. The Hall–Kier alpha value is -4.53. The number of alkyl halides is 3. The SMILES string of the molecule is CC(C)C[C@H](C(=O)Cc1cncn1Cc1ccc(C#N)cc1)C(N)N(Cc1ccccc1C(F)(F)F)C(=S)Nc1ccccc1. The van der Waals surface area contributed by atoms with Gasteiger partial charge in [0.25, 0.3) is 0 Å². The predicted octanol–water partition coefficient (Wildman–Crippen LogP) is 6.78. The molecule has 0 radical (unpaired) electrons. The van der Waals surface area contributed by atoms with Gasteiger partial charge in [0.2, 0.25) is 0 Å². The lowest BCUT2D eigenvalue weighted by Crippen LogP contribution is -2.53. The van der Waals surface area contributed by atoms with Gasteiger partial charge < -0.3 is 20.5 Å². The number of nitriles is 1. The number of carbonyl (C=O) groups is 1.